The van der Waals surface area contributed by atoms with Crippen LogP contribution in [-0.4, -0.2) is 29.0 Å². The first-order valence-corrected chi connectivity index (χ1v) is 8.52. The Morgan fingerprint density at radius 2 is 2.12 bits per heavy atom. The van der Waals surface area contributed by atoms with Crippen LogP contribution in [0, 0.1) is 10.1 Å². The highest BCUT2D eigenvalue weighted by Crippen LogP contribution is 2.22. The molecule has 0 atom stereocenters. The van der Waals surface area contributed by atoms with E-state index in [1.54, 1.807) is 18.2 Å². The van der Waals surface area contributed by atoms with Gasteiger partial charge in [0.2, 0.25) is 0 Å². The van der Waals surface area contributed by atoms with Crippen LogP contribution in [0.5, 0.6) is 0 Å². The summed E-state index contributed by atoms with van der Waals surface area (Å²) in [5.41, 5.74) is -0.0330. The van der Waals surface area contributed by atoms with E-state index in [1.807, 2.05) is 0 Å². The fourth-order valence-electron chi connectivity index (χ4n) is 1.88. The van der Waals surface area contributed by atoms with Gasteiger partial charge in [0.05, 0.1) is 15.9 Å². The number of nitrogens with zero attached hydrogens (tertiary/aromatic N) is 2. The van der Waals surface area contributed by atoms with Crippen molar-refractivity contribution >= 4 is 40.4 Å². The van der Waals surface area contributed by atoms with Crippen molar-refractivity contribution in [1.82, 2.24) is 4.98 Å². The molecule has 2 rings (SSSR count). The molecule has 0 amide bonds. The monoisotopic (exact) mass is 369 g/mol. The lowest BCUT2D eigenvalue weighted by Crippen LogP contribution is -2.06. The molecule has 0 aromatic carbocycles. The Hall–Kier alpha value is -2.19. The second kappa shape index (κ2) is 9.19. The van der Waals surface area contributed by atoms with E-state index < -0.39 is 4.92 Å². The second-order valence-corrected chi connectivity index (χ2v) is 6.60. The Bertz CT molecular complexity index is 690. The predicted molar refractivity (Wildman–Crippen MR) is 92.8 cm³/mol. The third-order valence-corrected chi connectivity index (χ3v) is 4.30. The number of hydrogen-bond acceptors (Lipinski definition) is 7. The summed E-state index contributed by atoms with van der Waals surface area (Å²) in [4.78, 5) is 26.2. The molecule has 0 aliphatic heterocycles. The third-order valence-electron chi connectivity index (χ3n) is 3.09. The van der Waals surface area contributed by atoms with Crippen LogP contribution in [0.1, 0.15) is 28.9 Å². The zero-order valence-corrected chi connectivity index (χ0v) is 14.3. The highest BCUT2D eigenvalue weighted by atomic mass is 35.5. The summed E-state index contributed by atoms with van der Waals surface area (Å²) in [6.07, 6.45) is 3.75. The van der Waals surface area contributed by atoms with E-state index in [1.165, 1.54) is 23.6 Å². The molecule has 0 bridgehead atoms. The summed E-state index contributed by atoms with van der Waals surface area (Å²) in [6.45, 7) is 1.06. The molecule has 128 valence electrons. The molecule has 9 heteroatoms. The van der Waals surface area contributed by atoms with Crippen LogP contribution in [-0.2, 0) is 4.74 Å². The van der Waals surface area contributed by atoms with E-state index in [0.717, 1.165) is 19.3 Å². The van der Waals surface area contributed by atoms with Gasteiger partial charge in [-0.1, -0.05) is 11.6 Å². The maximum absolute atomic E-state index is 11.7. The Labute approximate surface area is 147 Å². The minimum Gasteiger partial charge on any atom is -0.462 e. The predicted octanol–water partition coefficient (Wildman–Crippen LogP) is 4.14. The summed E-state index contributed by atoms with van der Waals surface area (Å²) in [5.74, 6) is 0.252. The number of carbonyl (C=O) groups excluding carboxylic acids is 1. The van der Waals surface area contributed by atoms with Crippen molar-refractivity contribution in [1.29, 1.82) is 0 Å². The van der Waals surface area contributed by atoms with Gasteiger partial charge in [0.25, 0.3) is 5.69 Å². The number of rotatable bonds is 9. The van der Waals surface area contributed by atoms with Gasteiger partial charge in [-0.25, -0.2) is 9.78 Å². The minimum absolute atomic E-state index is 0.0330. The molecular weight excluding hydrogens is 354 g/mol. The molecule has 0 saturated carbocycles. The van der Waals surface area contributed by atoms with Crippen LogP contribution in [0.2, 0.25) is 4.34 Å². The Morgan fingerprint density at radius 3 is 2.75 bits per heavy atom. The lowest BCUT2D eigenvalue weighted by molar-refractivity contribution is -0.385. The first-order chi connectivity index (χ1) is 11.6. The van der Waals surface area contributed by atoms with E-state index >= 15 is 0 Å². The summed E-state index contributed by atoms with van der Waals surface area (Å²) < 4.78 is 5.72. The standard InChI is InChI=1S/C15H16ClN3O4S/c16-13-6-5-12(24-13)15(20)23-9-3-1-2-8-17-14-7-4-11(10-18-14)19(21)22/h4-7,10H,1-3,8-9H2,(H,17,18). The molecule has 24 heavy (non-hydrogen) atoms. The quantitative estimate of drug-likeness (QED) is 0.309. The number of nitrogens with one attached hydrogen (secondary N) is 1. The second-order valence-electron chi connectivity index (χ2n) is 4.89. The Kier molecular flexibility index (Phi) is 6.95. The number of anilines is 1. The van der Waals surface area contributed by atoms with Gasteiger partial charge < -0.3 is 10.1 Å². The van der Waals surface area contributed by atoms with Gasteiger partial charge in [0.1, 0.15) is 16.9 Å². The average molecular weight is 370 g/mol. The van der Waals surface area contributed by atoms with Gasteiger partial charge in [0, 0.05) is 12.6 Å². The fourth-order valence-corrected chi connectivity index (χ4v) is 2.82. The number of unbranched alkanes of at least 4 members (excludes halogenated alkanes) is 2. The Balaban J connectivity index is 1.55. The third kappa shape index (κ3) is 5.78. The number of thiophene rings is 1. The van der Waals surface area contributed by atoms with E-state index in [4.69, 9.17) is 16.3 Å². The van der Waals surface area contributed by atoms with Crippen LogP contribution in [0.25, 0.3) is 0 Å². The maximum atomic E-state index is 11.7. The van der Waals surface area contributed by atoms with Gasteiger partial charge in [-0.15, -0.1) is 11.3 Å². The molecule has 0 saturated heterocycles. The first kappa shape index (κ1) is 18.2. The lowest BCUT2D eigenvalue weighted by atomic mass is 10.2. The highest BCUT2D eigenvalue weighted by Gasteiger charge is 2.09. The van der Waals surface area contributed by atoms with Crippen molar-refractivity contribution in [2.24, 2.45) is 0 Å². The number of nitro groups is 1. The average Bonchev–Trinajstić information content (AvgIpc) is 3.01. The van der Waals surface area contributed by atoms with Crippen molar-refractivity contribution < 1.29 is 14.5 Å². The number of aromatic nitrogens is 1. The van der Waals surface area contributed by atoms with Crippen LogP contribution >= 0.6 is 22.9 Å². The van der Waals surface area contributed by atoms with Crippen LogP contribution in [0.3, 0.4) is 0 Å². The zero-order valence-electron chi connectivity index (χ0n) is 12.7. The molecule has 0 aliphatic rings. The minimum atomic E-state index is -0.484. The molecule has 0 aliphatic carbocycles. The van der Waals surface area contributed by atoms with Gasteiger partial charge in [0.15, 0.2) is 0 Å². The van der Waals surface area contributed by atoms with E-state index in [-0.39, 0.29) is 11.7 Å². The number of carbonyl (C=O) groups is 1. The molecule has 0 spiro atoms. The SMILES string of the molecule is O=C(OCCCCCNc1ccc([N+](=O)[O-])cn1)c1ccc(Cl)s1. The van der Waals surface area contributed by atoms with E-state index in [2.05, 4.69) is 10.3 Å². The number of pyridine rings is 1. The summed E-state index contributed by atoms with van der Waals surface area (Å²) in [7, 11) is 0. The van der Waals surface area contributed by atoms with Crippen LogP contribution < -0.4 is 5.32 Å². The van der Waals surface area contributed by atoms with Gasteiger partial charge in [-0.2, -0.15) is 0 Å². The molecule has 0 fully saturated rings. The van der Waals surface area contributed by atoms with Crippen molar-refractivity contribution in [3.63, 3.8) is 0 Å². The van der Waals surface area contributed by atoms with Crippen molar-refractivity contribution in [3.05, 3.63) is 49.8 Å². The molecule has 7 nitrogen and oxygen atoms in total. The molecule has 0 radical (unpaired) electrons. The van der Waals surface area contributed by atoms with Crippen molar-refractivity contribution in [2.45, 2.75) is 19.3 Å². The summed E-state index contributed by atoms with van der Waals surface area (Å²) in [6, 6.07) is 6.30. The number of hydrogen-bond donors (Lipinski definition) is 1. The summed E-state index contributed by atoms with van der Waals surface area (Å²) in [5, 5.41) is 13.6. The normalized spacial score (nSPS) is 10.4. The van der Waals surface area contributed by atoms with Gasteiger partial charge in [-0.05, 0) is 37.5 Å². The molecule has 2 aromatic heterocycles. The van der Waals surface area contributed by atoms with Gasteiger partial charge in [-0.3, -0.25) is 10.1 Å². The highest BCUT2D eigenvalue weighted by molar-refractivity contribution is 7.17. The van der Waals surface area contributed by atoms with Gasteiger partial charge >= 0.3 is 5.97 Å². The molecule has 1 N–H and O–H groups in total. The van der Waals surface area contributed by atoms with E-state index in [9.17, 15) is 14.9 Å². The summed E-state index contributed by atoms with van der Waals surface area (Å²) >= 11 is 6.96. The molecular formula is C15H16ClN3O4S. The van der Waals surface area contributed by atoms with E-state index in [0.29, 0.717) is 28.2 Å². The van der Waals surface area contributed by atoms with Crippen molar-refractivity contribution in [2.75, 3.05) is 18.5 Å². The first-order valence-electron chi connectivity index (χ1n) is 7.33. The van der Waals surface area contributed by atoms with Crippen LogP contribution in [0.4, 0.5) is 11.5 Å². The smallest absolute Gasteiger partial charge is 0.348 e. The molecule has 2 heterocycles. The lowest BCUT2D eigenvalue weighted by Gasteiger charge is -2.06. The number of halogens is 1. The number of esters is 1. The largest absolute Gasteiger partial charge is 0.462 e. The molecule has 2 aromatic rings. The molecule has 0 unspecified atom stereocenters. The fraction of sp³-hybridized carbons (Fsp3) is 0.333. The maximum Gasteiger partial charge on any atom is 0.348 e. The zero-order chi connectivity index (χ0) is 17.4. The topological polar surface area (TPSA) is 94.4 Å². The number of ether oxygens (including phenoxy) is 1. The van der Waals surface area contributed by atoms with Crippen molar-refractivity contribution in [3.8, 4) is 0 Å². The Morgan fingerprint density at radius 1 is 1.29 bits per heavy atom. The van der Waals surface area contributed by atoms with Crippen LogP contribution in [0.15, 0.2) is 30.5 Å².